The highest BCUT2D eigenvalue weighted by Gasteiger charge is 2.12. The molecule has 2 aromatic rings. The van der Waals surface area contributed by atoms with Gasteiger partial charge in [-0.1, -0.05) is 37.3 Å². The molecular weight excluding hydrogens is 198 g/mol. The van der Waals surface area contributed by atoms with Gasteiger partial charge >= 0.3 is 0 Å². The van der Waals surface area contributed by atoms with Gasteiger partial charge in [-0.3, -0.25) is 0 Å². The third kappa shape index (κ3) is 2.17. The first kappa shape index (κ1) is 11.0. The molecule has 2 heteroatoms. The molecular formula is C14H17NO. The van der Waals surface area contributed by atoms with E-state index < -0.39 is 0 Å². The summed E-state index contributed by atoms with van der Waals surface area (Å²) in [5.74, 6) is 0.843. The van der Waals surface area contributed by atoms with E-state index in [1.807, 2.05) is 30.3 Å². The van der Waals surface area contributed by atoms with Gasteiger partial charge in [0.1, 0.15) is 11.3 Å². The first-order chi connectivity index (χ1) is 7.70. The molecule has 0 aliphatic carbocycles. The molecule has 1 heterocycles. The van der Waals surface area contributed by atoms with Crippen molar-refractivity contribution in [2.45, 2.75) is 25.8 Å². The van der Waals surface area contributed by atoms with Crippen LogP contribution in [-0.2, 0) is 0 Å². The Balaban J connectivity index is 2.23. The van der Waals surface area contributed by atoms with E-state index >= 15 is 0 Å². The molecule has 0 spiro atoms. The fraction of sp³-hybridized carbons (Fsp3) is 0.286. The van der Waals surface area contributed by atoms with Gasteiger partial charge in [0.25, 0.3) is 0 Å². The monoisotopic (exact) mass is 215 g/mol. The van der Waals surface area contributed by atoms with Crippen LogP contribution < -0.4 is 5.73 Å². The molecule has 1 aromatic carbocycles. The molecule has 2 N–H and O–H groups in total. The zero-order chi connectivity index (χ0) is 11.5. The zero-order valence-corrected chi connectivity index (χ0v) is 9.57. The van der Waals surface area contributed by atoms with Crippen LogP contribution in [0.3, 0.4) is 0 Å². The van der Waals surface area contributed by atoms with Crippen LogP contribution in [0, 0.1) is 0 Å². The highest BCUT2D eigenvalue weighted by Crippen LogP contribution is 2.26. The second kappa shape index (κ2) is 4.54. The lowest BCUT2D eigenvalue weighted by Gasteiger charge is -2.09. The Morgan fingerprint density at radius 1 is 1.44 bits per heavy atom. The smallest absolute Gasteiger partial charge is 0.134 e. The molecule has 16 heavy (non-hydrogen) atoms. The number of hydrogen-bond donors (Lipinski definition) is 1. The third-order valence-corrected chi connectivity index (χ3v) is 2.82. The SMILES string of the molecule is C=C(CC)CC(N)c1cc2ccccc2o1. The Kier molecular flexibility index (Phi) is 3.11. The van der Waals surface area contributed by atoms with Crippen LogP contribution in [0.2, 0.25) is 0 Å². The van der Waals surface area contributed by atoms with Crippen molar-refractivity contribution in [1.82, 2.24) is 0 Å². The summed E-state index contributed by atoms with van der Waals surface area (Å²) in [6, 6.07) is 9.89. The highest BCUT2D eigenvalue weighted by molar-refractivity contribution is 5.77. The summed E-state index contributed by atoms with van der Waals surface area (Å²) in [6.07, 6.45) is 1.75. The Morgan fingerprint density at radius 2 is 2.19 bits per heavy atom. The van der Waals surface area contributed by atoms with E-state index in [9.17, 15) is 0 Å². The van der Waals surface area contributed by atoms with E-state index in [0.717, 1.165) is 35.1 Å². The lowest BCUT2D eigenvalue weighted by Crippen LogP contribution is -2.09. The van der Waals surface area contributed by atoms with Crippen LogP contribution in [0.1, 0.15) is 31.6 Å². The van der Waals surface area contributed by atoms with Gasteiger partial charge in [-0.2, -0.15) is 0 Å². The average Bonchev–Trinajstić information content (AvgIpc) is 2.72. The number of furan rings is 1. The minimum atomic E-state index is -0.0835. The molecule has 0 amide bonds. The first-order valence-electron chi connectivity index (χ1n) is 5.61. The first-order valence-corrected chi connectivity index (χ1v) is 5.61. The number of benzene rings is 1. The summed E-state index contributed by atoms with van der Waals surface area (Å²) in [5.41, 5.74) is 8.14. The topological polar surface area (TPSA) is 39.2 Å². The van der Waals surface area contributed by atoms with Gasteiger partial charge in [-0.15, -0.1) is 0 Å². The number of hydrogen-bond acceptors (Lipinski definition) is 2. The molecule has 1 aromatic heterocycles. The zero-order valence-electron chi connectivity index (χ0n) is 9.57. The number of rotatable bonds is 4. The van der Waals surface area contributed by atoms with Gasteiger partial charge in [0.05, 0.1) is 6.04 Å². The van der Waals surface area contributed by atoms with Crippen LogP contribution in [-0.4, -0.2) is 0 Å². The van der Waals surface area contributed by atoms with Crippen molar-refractivity contribution in [3.05, 3.63) is 48.2 Å². The molecule has 0 saturated carbocycles. The Morgan fingerprint density at radius 3 is 2.88 bits per heavy atom. The van der Waals surface area contributed by atoms with Crippen molar-refractivity contribution < 1.29 is 4.42 Å². The Bertz CT molecular complexity index is 465. The van der Waals surface area contributed by atoms with Gasteiger partial charge < -0.3 is 10.2 Å². The number of fused-ring (bicyclic) bond motifs is 1. The summed E-state index contributed by atoms with van der Waals surface area (Å²) >= 11 is 0. The minimum absolute atomic E-state index is 0.0835. The summed E-state index contributed by atoms with van der Waals surface area (Å²) in [7, 11) is 0. The molecule has 2 rings (SSSR count). The van der Waals surface area contributed by atoms with Gasteiger partial charge in [0.15, 0.2) is 0 Å². The quantitative estimate of drug-likeness (QED) is 0.788. The van der Waals surface area contributed by atoms with E-state index in [1.165, 1.54) is 0 Å². The van der Waals surface area contributed by atoms with Gasteiger partial charge in [-0.25, -0.2) is 0 Å². The van der Waals surface area contributed by atoms with E-state index in [4.69, 9.17) is 10.2 Å². The highest BCUT2D eigenvalue weighted by atomic mass is 16.3. The van der Waals surface area contributed by atoms with Crippen molar-refractivity contribution in [3.63, 3.8) is 0 Å². The van der Waals surface area contributed by atoms with E-state index in [-0.39, 0.29) is 6.04 Å². The molecule has 2 nitrogen and oxygen atoms in total. The van der Waals surface area contributed by atoms with Crippen LogP contribution in [0.25, 0.3) is 11.0 Å². The molecule has 1 unspecified atom stereocenters. The largest absolute Gasteiger partial charge is 0.459 e. The van der Waals surface area contributed by atoms with Crippen LogP contribution in [0.4, 0.5) is 0 Å². The van der Waals surface area contributed by atoms with E-state index in [2.05, 4.69) is 13.5 Å². The second-order valence-corrected chi connectivity index (χ2v) is 4.10. The normalized spacial score (nSPS) is 12.9. The summed E-state index contributed by atoms with van der Waals surface area (Å²) in [5, 5.41) is 1.11. The predicted octanol–water partition coefficient (Wildman–Crippen LogP) is 3.79. The van der Waals surface area contributed by atoms with Crippen molar-refractivity contribution in [3.8, 4) is 0 Å². The average molecular weight is 215 g/mol. The molecule has 0 bridgehead atoms. The maximum Gasteiger partial charge on any atom is 0.134 e. The van der Waals surface area contributed by atoms with Gasteiger partial charge in [0.2, 0.25) is 0 Å². The van der Waals surface area contributed by atoms with Crippen LogP contribution in [0.15, 0.2) is 46.9 Å². The van der Waals surface area contributed by atoms with Crippen LogP contribution >= 0.6 is 0 Å². The van der Waals surface area contributed by atoms with E-state index in [1.54, 1.807) is 0 Å². The molecule has 0 aliphatic heterocycles. The van der Waals surface area contributed by atoms with E-state index in [0.29, 0.717) is 0 Å². The maximum atomic E-state index is 6.08. The fourth-order valence-corrected chi connectivity index (χ4v) is 1.74. The summed E-state index contributed by atoms with van der Waals surface area (Å²) in [6.45, 7) is 6.06. The molecule has 0 aliphatic rings. The molecule has 0 saturated heterocycles. The van der Waals surface area contributed by atoms with Gasteiger partial charge in [0, 0.05) is 5.39 Å². The minimum Gasteiger partial charge on any atom is -0.459 e. The number of nitrogens with two attached hydrogens (primary N) is 1. The van der Waals surface area contributed by atoms with Crippen molar-refractivity contribution >= 4 is 11.0 Å². The molecule has 84 valence electrons. The lowest BCUT2D eigenvalue weighted by atomic mass is 10.0. The Hall–Kier alpha value is -1.54. The van der Waals surface area contributed by atoms with Crippen molar-refractivity contribution in [2.24, 2.45) is 5.73 Å². The maximum absolute atomic E-state index is 6.08. The van der Waals surface area contributed by atoms with Crippen LogP contribution in [0.5, 0.6) is 0 Å². The molecule has 0 fully saturated rings. The number of para-hydroxylation sites is 1. The summed E-state index contributed by atoms with van der Waals surface area (Å²) < 4.78 is 5.71. The van der Waals surface area contributed by atoms with Crippen molar-refractivity contribution in [1.29, 1.82) is 0 Å². The Labute approximate surface area is 95.7 Å². The van der Waals surface area contributed by atoms with Crippen molar-refractivity contribution in [2.75, 3.05) is 0 Å². The third-order valence-electron chi connectivity index (χ3n) is 2.82. The molecule has 0 radical (unpaired) electrons. The predicted molar refractivity (Wildman–Crippen MR) is 67.2 cm³/mol. The standard InChI is InChI=1S/C14H17NO/c1-3-10(2)8-12(15)14-9-11-6-4-5-7-13(11)16-14/h4-7,9,12H,2-3,8,15H2,1H3. The second-order valence-electron chi connectivity index (χ2n) is 4.10. The fourth-order valence-electron chi connectivity index (χ4n) is 1.74. The lowest BCUT2D eigenvalue weighted by molar-refractivity contribution is 0.491. The summed E-state index contributed by atoms with van der Waals surface area (Å²) in [4.78, 5) is 0. The van der Waals surface area contributed by atoms with Gasteiger partial charge in [-0.05, 0) is 25.0 Å². The molecule has 1 atom stereocenters.